The van der Waals surface area contributed by atoms with Crippen LogP contribution in [0.25, 0.3) is 0 Å². The highest BCUT2D eigenvalue weighted by atomic mass is 16.3. The van der Waals surface area contributed by atoms with Crippen LogP contribution >= 0.6 is 0 Å². The van der Waals surface area contributed by atoms with Crippen LogP contribution < -0.4 is 0 Å². The van der Waals surface area contributed by atoms with Crippen LogP contribution in [0, 0.1) is 5.92 Å². The fourth-order valence-electron chi connectivity index (χ4n) is 2.78. The summed E-state index contributed by atoms with van der Waals surface area (Å²) in [6, 6.07) is 9.76. The van der Waals surface area contributed by atoms with E-state index in [4.69, 9.17) is 0 Å². The predicted molar refractivity (Wildman–Crippen MR) is 88.5 cm³/mol. The van der Waals surface area contributed by atoms with Crippen LogP contribution in [0.2, 0.25) is 0 Å². The van der Waals surface area contributed by atoms with E-state index in [1.54, 1.807) is 0 Å². The molecule has 122 valence electrons. The molecular weight excluding hydrogens is 276 g/mol. The van der Waals surface area contributed by atoms with Crippen molar-refractivity contribution in [2.24, 2.45) is 5.92 Å². The summed E-state index contributed by atoms with van der Waals surface area (Å²) >= 11 is 0. The zero-order valence-corrected chi connectivity index (χ0v) is 13.7. The largest absolute Gasteiger partial charge is 0.387 e. The number of piperazine rings is 1. The minimum absolute atomic E-state index is 0.275. The number of β-amino-alcohol motifs (C(OH)–C–C–N with tert-alkyl or cyclic N) is 1. The zero-order valence-electron chi connectivity index (χ0n) is 13.7. The molecule has 4 nitrogen and oxygen atoms in total. The molecule has 22 heavy (non-hydrogen) atoms. The van der Waals surface area contributed by atoms with Gasteiger partial charge in [-0.05, 0) is 17.9 Å². The first-order valence-electron chi connectivity index (χ1n) is 8.29. The molecule has 2 rings (SSSR count). The first-order valence-corrected chi connectivity index (χ1v) is 8.29. The standard InChI is InChI=1S/C18H28N2O2/c1-15(2)8-9-18(22)20-12-10-19(11-13-20)14-17(21)16-6-4-3-5-7-16/h3-7,15,17,21H,8-14H2,1-2H3. The fourth-order valence-corrected chi connectivity index (χ4v) is 2.78. The van der Waals surface area contributed by atoms with Crippen molar-refractivity contribution >= 4 is 5.91 Å². The lowest BCUT2D eigenvalue weighted by Gasteiger charge is -2.35. The molecular formula is C18H28N2O2. The normalized spacial score (nSPS) is 17.7. The van der Waals surface area contributed by atoms with Gasteiger partial charge in [-0.1, -0.05) is 44.2 Å². The van der Waals surface area contributed by atoms with Gasteiger partial charge in [-0.2, -0.15) is 0 Å². The summed E-state index contributed by atoms with van der Waals surface area (Å²) in [4.78, 5) is 16.3. The van der Waals surface area contributed by atoms with Crippen molar-refractivity contribution in [1.82, 2.24) is 9.80 Å². The van der Waals surface area contributed by atoms with E-state index in [0.717, 1.165) is 38.2 Å². The Morgan fingerprint density at radius 1 is 1.14 bits per heavy atom. The van der Waals surface area contributed by atoms with E-state index in [2.05, 4.69) is 18.7 Å². The molecule has 1 aromatic carbocycles. The van der Waals surface area contributed by atoms with Gasteiger partial charge in [-0.25, -0.2) is 0 Å². The van der Waals surface area contributed by atoms with E-state index in [1.165, 1.54) is 0 Å². The Kier molecular flexibility index (Phi) is 6.40. The van der Waals surface area contributed by atoms with Crippen molar-refractivity contribution in [3.63, 3.8) is 0 Å². The first kappa shape index (κ1) is 17.0. The number of carbonyl (C=O) groups is 1. The Morgan fingerprint density at radius 2 is 1.77 bits per heavy atom. The molecule has 0 aromatic heterocycles. The Labute approximate surface area is 133 Å². The molecule has 1 aliphatic rings. The Balaban J connectivity index is 1.74. The second-order valence-electron chi connectivity index (χ2n) is 6.54. The van der Waals surface area contributed by atoms with Gasteiger partial charge in [0.25, 0.3) is 0 Å². The maximum absolute atomic E-state index is 12.1. The molecule has 1 N–H and O–H groups in total. The summed E-state index contributed by atoms with van der Waals surface area (Å²) in [5.41, 5.74) is 0.956. The average Bonchev–Trinajstić information content (AvgIpc) is 2.54. The van der Waals surface area contributed by atoms with E-state index in [9.17, 15) is 9.90 Å². The summed E-state index contributed by atoms with van der Waals surface area (Å²) in [5.74, 6) is 0.850. The van der Waals surface area contributed by atoms with Crippen molar-refractivity contribution < 1.29 is 9.90 Å². The summed E-state index contributed by atoms with van der Waals surface area (Å²) in [6.45, 7) is 8.18. The zero-order chi connectivity index (χ0) is 15.9. The lowest BCUT2D eigenvalue weighted by atomic mass is 10.1. The van der Waals surface area contributed by atoms with E-state index in [0.29, 0.717) is 18.9 Å². The van der Waals surface area contributed by atoms with E-state index in [1.807, 2.05) is 35.2 Å². The second-order valence-corrected chi connectivity index (χ2v) is 6.54. The average molecular weight is 304 g/mol. The molecule has 0 radical (unpaired) electrons. The molecule has 1 unspecified atom stereocenters. The van der Waals surface area contributed by atoms with Gasteiger partial charge in [0.05, 0.1) is 6.10 Å². The molecule has 0 aliphatic carbocycles. The van der Waals surface area contributed by atoms with Crippen LogP contribution in [0.4, 0.5) is 0 Å². The fraction of sp³-hybridized carbons (Fsp3) is 0.611. The number of rotatable bonds is 6. The highest BCUT2D eigenvalue weighted by Crippen LogP contribution is 2.15. The van der Waals surface area contributed by atoms with Crippen molar-refractivity contribution in [3.05, 3.63) is 35.9 Å². The molecule has 0 saturated carbocycles. The minimum atomic E-state index is -0.454. The lowest BCUT2D eigenvalue weighted by Crippen LogP contribution is -2.49. The van der Waals surface area contributed by atoms with Gasteiger partial charge >= 0.3 is 0 Å². The Bertz CT molecular complexity index is 453. The molecule has 1 heterocycles. The molecule has 1 amide bonds. The number of aliphatic hydroxyl groups excluding tert-OH is 1. The van der Waals surface area contributed by atoms with Gasteiger partial charge in [0.15, 0.2) is 0 Å². The molecule has 4 heteroatoms. The van der Waals surface area contributed by atoms with Crippen LogP contribution in [0.3, 0.4) is 0 Å². The van der Waals surface area contributed by atoms with E-state index in [-0.39, 0.29) is 5.91 Å². The second kappa shape index (κ2) is 8.30. The molecule has 1 fully saturated rings. The first-order chi connectivity index (χ1) is 10.6. The maximum Gasteiger partial charge on any atom is 0.222 e. The number of hydrogen-bond donors (Lipinski definition) is 1. The van der Waals surface area contributed by atoms with Gasteiger partial charge in [0, 0.05) is 39.1 Å². The topological polar surface area (TPSA) is 43.8 Å². The smallest absolute Gasteiger partial charge is 0.222 e. The quantitative estimate of drug-likeness (QED) is 0.877. The summed E-state index contributed by atoms with van der Waals surface area (Å²) in [5, 5.41) is 10.3. The number of carbonyl (C=O) groups excluding carboxylic acids is 1. The molecule has 1 aliphatic heterocycles. The van der Waals surface area contributed by atoms with Crippen molar-refractivity contribution in [3.8, 4) is 0 Å². The predicted octanol–water partition coefficient (Wildman–Crippen LogP) is 2.30. The number of aliphatic hydroxyl groups is 1. The SMILES string of the molecule is CC(C)CCC(=O)N1CCN(CC(O)c2ccccc2)CC1. The van der Waals surface area contributed by atoms with Crippen LogP contribution in [0.15, 0.2) is 30.3 Å². The number of benzene rings is 1. The third kappa shape index (κ3) is 5.11. The van der Waals surface area contributed by atoms with Crippen LogP contribution in [-0.2, 0) is 4.79 Å². The molecule has 0 bridgehead atoms. The molecule has 1 atom stereocenters. The van der Waals surface area contributed by atoms with E-state index < -0.39 is 6.10 Å². The van der Waals surface area contributed by atoms with Crippen molar-refractivity contribution in [2.75, 3.05) is 32.7 Å². The maximum atomic E-state index is 12.1. The van der Waals surface area contributed by atoms with E-state index >= 15 is 0 Å². The number of nitrogens with zero attached hydrogens (tertiary/aromatic N) is 2. The number of hydrogen-bond acceptors (Lipinski definition) is 3. The van der Waals surface area contributed by atoms with Gasteiger partial charge in [-0.15, -0.1) is 0 Å². The summed E-state index contributed by atoms with van der Waals surface area (Å²) in [6.07, 6.45) is 1.17. The Hall–Kier alpha value is -1.39. The van der Waals surface area contributed by atoms with Gasteiger partial charge in [0.1, 0.15) is 0 Å². The van der Waals surface area contributed by atoms with Gasteiger partial charge in [0.2, 0.25) is 5.91 Å². The van der Waals surface area contributed by atoms with Crippen molar-refractivity contribution in [1.29, 1.82) is 0 Å². The third-order valence-corrected chi connectivity index (χ3v) is 4.28. The molecule has 0 spiro atoms. The van der Waals surface area contributed by atoms with Crippen LogP contribution in [-0.4, -0.2) is 53.5 Å². The third-order valence-electron chi connectivity index (χ3n) is 4.28. The summed E-state index contributed by atoms with van der Waals surface area (Å²) in [7, 11) is 0. The van der Waals surface area contributed by atoms with Gasteiger partial charge < -0.3 is 10.0 Å². The van der Waals surface area contributed by atoms with Crippen LogP contribution in [0.5, 0.6) is 0 Å². The van der Waals surface area contributed by atoms with Crippen LogP contribution in [0.1, 0.15) is 38.4 Å². The number of amides is 1. The minimum Gasteiger partial charge on any atom is -0.387 e. The highest BCUT2D eigenvalue weighted by molar-refractivity contribution is 5.76. The molecule has 1 saturated heterocycles. The summed E-state index contributed by atoms with van der Waals surface area (Å²) < 4.78 is 0. The monoisotopic (exact) mass is 304 g/mol. The molecule has 1 aromatic rings. The Morgan fingerprint density at radius 3 is 2.36 bits per heavy atom. The van der Waals surface area contributed by atoms with Gasteiger partial charge in [-0.3, -0.25) is 9.69 Å². The lowest BCUT2D eigenvalue weighted by molar-refractivity contribution is -0.133. The van der Waals surface area contributed by atoms with Crippen molar-refractivity contribution in [2.45, 2.75) is 32.8 Å². The highest BCUT2D eigenvalue weighted by Gasteiger charge is 2.22.